The van der Waals surface area contributed by atoms with E-state index in [9.17, 15) is 132 Å². The molecule has 3 rings (SSSR count). The van der Waals surface area contributed by atoms with Crippen molar-refractivity contribution in [1.29, 1.82) is 5.41 Å². The molecule has 702 valence electrons. The van der Waals surface area contributed by atoms with Crippen LogP contribution in [0.2, 0.25) is 0 Å². The summed E-state index contributed by atoms with van der Waals surface area (Å²) in [5.74, 6) is -23.0. The van der Waals surface area contributed by atoms with E-state index >= 15 is 0 Å². The lowest BCUT2D eigenvalue weighted by molar-refractivity contribution is -0.144. The van der Waals surface area contributed by atoms with Crippen LogP contribution in [-0.4, -0.2) is 319 Å². The molecule has 0 aliphatic carbocycles. The zero-order chi connectivity index (χ0) is 94.9. The van der Waals surface area contributed by atoms with Crippen molar-refractivity contribution in [2.24, 2.45) is 40.5 Å². The molecule has 18 atom stereocenters. The Hall–Kier alpha value is -12.5. The van der Waals surface area contributed by atoms with Gasteiger partial charge in [0.15, 0.2) is 5.96 Å². The Balaban J connectivity index is 1.81. The Morgan fingerprint density at radius 2 is 0.865 bits per heavy atom. The summed E-state index contributed by atoms with van der Waals surface area (Å²) in [4.78, 5) is 246. The van der Waals surface area contributed by atoms with Crippen LogP contribution in [0.3, 0.4) is 0 Å². The summed E-state index contributed by atoms with van der Waals surface area (Å²) in [5, 5.41) is 133. The number of benzene rings is 2. The first-order valence-electron chi connectivity index (χ1n) is 40.5. The van der Waals surface area contributed by atoms with Crippen molar-refractivity contribution < 1.29 is 132 Å². The van der Waals surface area contributed by atoms with Crippen molar-refractivity contribution in [1.82, 2.24) is 84.7 Å². The molecule has 1 aliphatic heterocycles. The first kappa shape index (κ1) is 108. The molecular weight excluding hydrogens is 1660 g/mol. The van der Waals surface area contributed by atoms with Gasteiger partial charge in [-0.05, 0) is 119 Å². The fraction of sp³-hybridized carbons (Fsp3) is 0.597. The number of nitrogens with one attached hydrogen (secondary N) is 16. The number of aliphatic hydroxyl groups is 6. The molecule has 0 bridgehead atoms. The molecule has 2 aromatic carbocycles. The van der Waals surface area contributed by atoms with E-state index in [2.05, 4.69) is 74.4 Å². The number of hydrogen-bond acceptors (Lipinski definition) is 29. The molecule has 49 heteroatoms. The highest BCUT2D eigenvalue weighted by molar-refractivity contribution is 6.02. The molecule has 0 aromatic heterocycles. The van der Waals surface area contributed by atoms with Crippen LogP contribution in [0.4, 0.5) is 0 Å². The van der Waals surface area contributed by atoms with E-state index in [0.29, 0.717) is 24.8 Å². The summed E-state index contributed by atoms with van der Waals surface area (Å²) in [6, 6.07) is -15.6. The molecule has 0 unspecified atom stereocenters. The van der Waals surface area contributed by atoms with Gasteiger partial charge in [0, 0.05) is 25.9 Å². The number of carboxylic acid groups (broad SMARTS) is 1. The van der Waals surface area contributed by atoms with Gasteiger partial charge in [-0.3, -0.25) is 86.9 Å². The number of primary amides is 2. The van der Waals surface area contributed by atoms with E-state index in [4.69, 9.17) is 34.1 Å². The second-order valence-corrected chi connectivity index (χ2v) is 30.6. The van der Waals surface area contributed by atoms with Gasteiger partial charge in [0.25, 0.3) is 0 Å². The van der Waals surface area contributed by atoms with E-state index < -0.39 is 267 Å². The summed E-state index contributed by atoms with van der Waals surface area (Å²) in [6.07, 6.45) is -5.39. The van der Waals surface area contributed by atoms with Gasteiger partial charge in [-0.2, -0.15) is 0 Å². The number of nitrogens with two attached hydrogens (primary N) is 5. The van der Waals surface area contributed by atoms with Crippen LogP contribution in [0.5, 0.6) is 11.5 Å². The number of phenolic OH excluding ortho intramolecular Hbond substituents is 2. The van der Waals surface area contributed by atoms with Gasteiger partial charge in [0.1, 0.15) is 96.1 Å². The molecule has 1 heterocycles. The van der Waals surface area contributed by atoms with Crippen molar-refractivity contribution in [3.05, 3.63) is 59.7 Å². The third-order valence-electron chi connectivity index (χ3n) is 19.8. The summed E-state index contributed by atoms with van der Waals surface area (Å²) >= 11 is 0. The van der Waals surface area contributed by atoms with Gasteiger partial charge in [0.05, 0.1) is 64.1 Å². The first-order valence-corrected chi connectivity index (χ1v) is 40.5. The number of carbonyl (C=O) groups is 18. The molecule has 1 saturated heterocycles. The average molecular weight is 1790 g/mol. The number of unbranched alkanes of at least 4 members (excludes halogenated alkanes) is 1. The van der Waals surface area contributed by atoms with Crippen molar-refractivity contribution in [2.45, 2.75) is 228 Å². The Morgan fingerprint density at radius 3 is 1.35 bits per heavy atom. The highest BCUT2D eigenvalue weighted by Gasteiger charge is 2.43. The molecule has 49 nitrogen and oxygen atoms in total. The molecular formula is C77H122N22O27. The van der Waals surface area contributed by atoms with E-state index in [1.54, 1.807) is 27.7 Å². The number of carbonyl (C=O) groups excluding carboxylic acids is 17. The number of carboxylic acids is 1. The number of nitrogens with zero attached hydrogens (tertiary/aromatic N) is 1. The van der Waals surface area contributed by atoms with Crippen molar-refractivity contribution in [2.75, 3.05) is 52.6 Å². The highest BCUT2D eigenvalue weighted by Crippen LogP contribution is 2.22. The Kier molecular flexibility index (Phi) is 46.3. The van der Waals surface area contributed by atoms with E-state index in [1.807, 2.05) is 5.32 Å². The summed E-state index contributed by atoms with van der Waals surface area (Å²) in [6.45, 7) is 3.27. The lowest BCUT2D eigenvalue weighted by atomic mass is 9.96. The maximum atomic E-state index is 14.6. The van der Waals surface area contributed by atoms with E-state index in [-0.39, 0.29) is 93.5 Å². The predicted octanol–water partition coefficient (Wildman–Crippen LogP) is -12.3. The molecule has 126 heavy (non-hydrogen) atoms. The molecule has 0 radical (unpaired) electrons. The van der Waals surface area contributed by atoms with Gasteiger partial charge >= 0.3 is 5.97 Å². The number of rotatable bonds is 56. The predicted molar refractivity (Wildman–Crippen MR) is 442 cm³/mol. The zero-order valence-electron chi connectivity index (χ0n) is 70.6. The lowest BCUT2D eigenvalue weighted by Gasteiger charge is -2.31. The van der Waals surface area contributed by atoms with E-state index in [0.717, 1.165) is 18.7 Å². The SMILES string of the molecule is CC[C@H](C)[C@H](NC(=O)[C@@H](N)CCCNC(=N)N)C(=O)N[C@@H](Cc1ccc(O)cc1)C(=O)N[C@H](C(=O)N[C@@H](CO)C(=O)NCC(=O)N[C@@H](CO)C(=O)N[C@H](C(=O)N[C@@H](CC(N)=O)C(=O)N[C@@H](Cc1ccc(O)cc1)C(=O)N[C@@H](CC(N)=O)C(=O)N1CCC[C@H]1C(=O)N[C@@H](CO)C(=O)N[C@@H](CC(C)C)C(=O)N[C@@H](CCCCN)C(=O)N[C@@H](CO)C(=O)O)[C@@H](C)O)[C@@H](C)O. The maximum Gasteiger partial charge on any atom is 0.328 e. The fourth-order valence-corrected chi connectivity index (χ4v) is 12.6. The highest BCUT2D eigenvalue weighted by atomic mass is 16.4. The molecule has 1 aliphatic rings. The van der Waals surface area contributed by atoms with Crippen LogP contribution in [-0.2, 0) is 99.1 Å². The van der Waals surface area contributed by atoms with Crippen molar-refractivity contribution >= 4 is 112 Å². The average Bonchev–Trinajstić information content (AvgIpc) is 1.62. The zero-order valence-corrected chi connectivity index (χ0v) is 70.6. The first-order chi connectivity index (χ1) is 59.3. The number of guanidine groups is 1. The topological polar surface area (TPSA) is 827 Å². The van der Waals surface area contributed by atoms with Crippen LogP contribution < -0.4 is 108 Å². The number of hydrogen-bond donors (Lipinski definition) is 30. The van der Waals surface area contributed by atoms with Crippen LogP contribution in [0.1, 0.15) is 123 Å². The Labute approximate surface area is 724 Å². The summed E-state index contributed by atoms with van der Waals surface area (Å²) in [7, 11) is 0. The van der Waals surface area contributed by atoms with Crippen LogP contribution in [0, 0.1) is 17.2 Å². The van der Waals surface area contributed by atoms with Gasteiger partial charge in [-0.25, -0.2) is 4.79 Å². The largest absolute Gasteiger partial charge is 0.508 e. The Morgan fingerprint density at radius 1 is 0.460 bits per heavy atom. The third-order valence-corrected chi connectivity index (χ3v) is 19.8. The third kappa shape index (κ3) is 36.7. The van der Waals surface area contributed by atoms with Crippen molar-refractivity contribution in [3.8, 4) is 11.5 Å². The quantitative estimate of drug-likeness (QED) is 0.0166. The number of amides is 17. The number of likely N-dealkylation sites (tertiary alicyclic amines) is 1. The smallest absolute Gasteiger partial charge is 0.328 e. The van der Waals surface area contributed by atoms with Gasteiger partial charge in [-0.15, -0.1) is 0 Å². The fourth-order valence-electron chi connectivity index (χ4n) is 12.6. The second-order valence-electron chi connectivity index (χ2n) is 30.6. The van der Waals surface area contributed by atoms with Crippen LogP contribution in [0.25, 0.3) is 0 Å². The van der Waals surface area contributed by atoms with Crippen LogP contribution in [0.15, 0.2) is 48.5 Å². The Bertz CT molecular complexity index is 4070. The van der Waals surface area contributed by atoms with Gasteiger partial charge in [0.2, 0.25) is 100 Å². The number of aromatic hydroxyl groups is 2. The maximum absolute atomic E-state index is 14.6. The van der Waals surface area contributed by atoms with Crippen LogP contribution >= 0.6 is 0 Å². The molecule has 17 amide bonds. The molecule has 0 spiro atoms. The normalized spacial score (nSPS) is 16.4. The lowest BCUT2D eigenvalue weighted by Crippen LogP contribution is -2.62. The summed E-state index contributed by atoms with van der Waals surface area (Å²) in [5.41, 5.74) is 28.7. The summed E-state index contributed by atoms with van der Waals surface area (Å²) < 4.78 is 0. The van der Waals surface area contributed by atoms with Crippen molar-refractivity contribution in [3.63, 3.8) is 0 Å². The van der Waals surface area contributed by atoms with Gasteiger partial charge in [-0.1, -0.05) is 58.4 Å². The molecule has 35 N–H and O–H groups in total. The molecule has 0 saturated carbocycles. The van der Waals surface area contributed by atoms with Gasteiger partial charge < -0.3 is 159 Å². The minimum Gasteiger partial charge on any atom is -0.508 e. The minimum atomic E-state index is -2.15. The minimum absolute atomic E-state index is 0.0553. The monoisotopic (exact) mass is 1790 g/mol. The number of phenols is 2. The number of aliphatic carboxylic acids is 1. The second kappa shape index (κ2) is 54.3. The molecule has 1 fully saturated rings. The number of aliphatic hydroxyl groups excluding tert-OH is 6. The molecule has 2 aromatic rings. The van der Waals surface area contributed by atoms with E-state index in [1.165, 1.54) is 48.5 Å². The standard InChI is InChI=1S/C77H122N22O27/c1-7-37(4)59(96-62(111)44(79)12-10-24-84-77(82)83)72(121)90-48(28-41-17-21-43(107)22-18-41)68(117)97-61(39(6)105)74(123)94-51(32-100)63(112)85-31-58(110)86-52(33-101)70(119)98-60(38(5)104)73(122)91-49(29-56(80)108)67(116)89-47(27-40-15-19-42(106)20-16-40)66(115)92-50(30-57(81)109)75(124)99-25-11-14-55(99)71(120)93-53(34-102)69(118)88-46(26-36(2)3)65(114)87-45(13-8-9-23-78)64(113)95-54(35-103)76(125)126/h15-22,36-39,44-55,59-61,100-107H,7-14,23-35,78-79H2,1-6H3,(H2,80,108)(H2,81,109)(H,85,112)(H,86,110)(H,87,114)(H,88,118)(H,89,116)(H,90,121)(H,91,122)(H,92,115)(H,93,120)(H,94,123)(H,95,113)(H,96,111)(H,97,117)(H,98,119)(H,125,126)(H4,82,83,84)/t37-,38+,39+,44-,45-,46-,47-,48-,49-,50-,51-,52-,53-,54-,55-,59-,60-,61-/m0/s1.